The molecule has 0 saturated carbocycles. The van der Waals surface area contributed by atoms with Gasteiger partial charge in [-0.25, -0.2) is 0 Å². The predicted octanol–water partition coefficient (Wildman–Crippen LogP) is 0.837. The molecule has 0 unspecified atom stereocenters. The smallest absolute Gasteiger partial charge is 0.0968 e. The first kappa shape index (κ1) is 7.19. The molecule has 1 N–H and O–H groups in total. The highest BCUT2D eigenvalue weighted by Gasteiger charge is 2.02. The SMILES string of the molecule is C=C(C#N)[C@@H](O)CC. The zero-order chi connectivity index (χ0) is 6.57. The van der Waals surface area contributed by atoms with Crippen LogP contribution in [0.4, 0.5) is 0 Å². The van der Waals surface area contributed by atoms with Crippen LogP contribution in [0.1, 0.15) is 13.3 Å². The summed E-state index contributed by atoms with van der Waals surface area (Å²) in [5, 5.41) is 16.9. The van der Waals surface area contributed by atoms with Crippen LogP contribution in [-0.4, -0.2) is 11.2 Å². The van der Waals surface area contributed by atoms with Gasteiger partial charge in [0.05, 0.1) is 17.7 Å². The molecule has 0 radical (unpaired) electrons. The van der Waals surface area contributed by atoms with Crippen LogP contribution < -0.4 is 0 Å². The number of aliphatic hydroxyl groups is 1. The second-order valence-corrected chi connectivity index (χ2v) is 1.56. The van der Waals surface area contributed by atoms with Crippen molar-refractivity contribution in [2.24, 2.45) is 0 Å². The molecule has 0 fully saturated rings. The monoisotopic (exact) mass is 111 g/mol. The van der Waals surface area contributed by atoms with Gasteiger partial charge in [-0.05, 0) is 6.42 Å². The van der Waals surface area contributed by atoms with Crippen LogP contribution in [0.3, 0.4) is 0 Å². The highest BCUT2D eigenvalue weighted by atomic mass is 16.3. The van der Waals surface area contributed by atoms with E-state index in [1.54, 1.807) is 13.0 Å². The second-order valence-electron chi connectivity index (χ2n) is 1.56. The number of nitrogens with zero attached hydrogens (tertiary/aromatic N) is 1. The van der Waals surface area contributed by atoms with E-state index >= 15 is 0 Å². The standard InChI is InChI=1S/C6H9NO/c1-3-6(8)5(2)4-7/h6,8H,2-3H2,1H3/t6-/m0/s1. The number of nitriles is 1. The van der Waals surface area contributed by atoms with Crippen LogP contribution in [0.25, 0.3) is 0 Å². The molecule has 0 aromatic carbocycles. The average molecular weight is 111 g/mol. The Labute approximate surface area is 49.1 Å². The minimum Gasteiger partial charge on any atom is -0.388 e. The van der Waals surface area contributed by atoms with Crippen LogP contribution in [0.15, 0.2) is 12.2 Å². The largest absolute Gasteiger partial charge is 0.388 e. The molecule has 2 heteroatoms. The highest BCUT2D eigenvalue weighted by Crippen LogP contribution is 1.99. The Morgan fingerprint density at radius 1 is 2.00 bits per heavy atom. The van der Waals surface area contributed by atoms with Gasteiger partial charge in [-0.2, -0.15) is 5.26 Å². The van der Waals surface area contributed by atoms with E-state index in [2.05, 4.69) is 6.58 Å². The fraction of sp³-hybridized carbons (Fsp3) is 0.500. The molecule has 0 rings (SSSR count). The maximum atomic E-state index is 8.80. The normalized spacial score (nSPS) is 12.1. The van der Waals surface area contributed by atoms with E-state index in [9.17, 15) is 0 Å². The third-order valence-electron chi connectivity index (χ3n) is 0.933. The Morgan fingerprint density at radius 2 is 2.50 bits per heavy atom. The summed E-state index contributed by atoms with van der Waals surface area (Å²) < 4.78 is 0. The number of hydrogen-bond donors (Lipinski definition) is 1. The van der Waals surface area contributed by atoms with E-state index in [-0.39, 0.29) is 5.57 Å². The summed E-state index contributed by atoms with van der Waals surface area (Å²) in [5.74, 6) is 0. The van der Waals surface area contributed by atoms with Gasteiger partial charge in [0, 0.05) is 0 Å². The molecule has 2 nitrogen and oxygen atoms in total. The van der Waals surface area contributed by atoms with E-state index in [1.165, 1.54) is 0 Å². The molecule has 0 saturated heterocycles. The third kappa shape index (κ3) is 1.76. The fourth-order valence-corrected chi connectivity index (χ4v) is 0.321. The van der Waals surface area contributed by atoms with E-state index in [4.69, 9.17) is 10.4 Å². The van der Waals surface area contributed by atoms with Crippen molar-refractivity contribution in [3.63, 3.8) is 0 Å². The molecule has 0 aliphatic rings. The minimum absolute atomic E-state index is 0.243. The Hall–Kier alpha value is -0.810. The molecular formula is C6H9NO. The van der Waals surface area contributed by atoms with E-state index in [0.29, 0.717) is 6.42 Å². The van der Waals surface area contributed by atoms with Crippen molar-refractivity contribution in [1.82, 2.24) is 0 Å². The Bertz CT molecular complexity index is 123. The molecular weight excluding hydrogens is 102 g/mol. The number of hydrogen-bond acceptors (Lipinski definition) is 2. The maximum absolute atomic E-state index is 8.80. The lowest BCUT2D eigenvalue weighted by molar-refractivity contribution is 0.212. The summed E-state index contributed by atoms with van der Waals surface area (Å²) in [6, 6.07) is 1.77. The fourth-order valence-electron chi connectivity index (χ4n) is 0.321. The van der Waals surface area contributed by atoms with Crippen molar-refractivity contribution in [3.05, 3.63) is 12.2 Å². The molecule has 44 valence electrons. The second kappa shape index (κ2) is 3.23. The molecule has 8 heavy (non-hydrogen) atoms. The zero-order valence-corrected chi connectivity index (χ0v) is 4.89. The minimum atomic E-state index is -0.639. The van der Waals surface area contributed by atoms with E-state index in [0.717, 1.165) is 0 Å². The first-order chi connectivity index (χ1) is 3.72. The Kier molecular flexibility index (Phi) is 2.90. The number of aliphatic hydroxyl groups excluding tert-OH is 1. The Balaban J connectivity index is 3.68. The first-order valence-electron chi connectivity index (χ1n) is 2.49. The van der Waals surface area contributed by atoms with Gasteiger partial charge >= 0.3 is 0 Å². The quantitative estimate of drug-likeness (QED) is 0.536. The summed E-state index contributed by atoms with van der Waals surface area (Å²) in [7, 11) is 0. The molecule has 0 amide bonds. The zero-order valence-electron chi connectivity index (χ0n) is 4.89. The molecule has 0 heterocycles. The van der Waals surface area contributed by atoms with Gasteiger partial charge in [0.15, 0.2) is 0 Å². The molecule has 1 atom stereocenters. The predicted molar refractivity (Wildman–Crippen MR) is 31.1 cm³/mol. The molecule has 0 aliphatic heterocycles. The van der Waals surface area contributed by atoms with Crippen LogP contribution in [0.2, 0.25) is 0 Å². The lowest BCUT2D eigenvalue weighted by Crippen LogP contribution is -2.04. The topological polar surface area (TPSA) is 44.0 Å². The van der Waals surface area contributed by atoms with Crippen LogP contribution in [0, 0.1) is 11.3 Å². The summed E-state index contributed by atoms with van der Waals surface area (Å²) in [6.45, 7) is 5.13. The van der Waals surface area contributed by atoms with Gasteiger partial charge in [-0.15, -0.1) is 0 Å². The highest BCUT2D eigenvalue weighted by molar-refractivity contribution is 5.20. The first-order valence-corrected chi connectivity index (χ1v) is 2.49. The maximum Gasteiger partial charge on any atom is 0.0968 e. The average Bonchev–Trinajstić information content (AvgIpc) is 1.84. The molecule has 0 spiro atoms. The van der Waals surface area contributed by atoms with Crippen molar-refractivity contribution in [3.8, 4) is 6.07 Å². The van der Waals surface area contributed by atoms with Gasteiger partial charge in [-0.1, -0.05) is 13.5 Å². The Morgan fingerprint density at radius 3 is 2.62 bits per heavy atom. The van der Waals surface area contributed by atoms with Crippen molar-refractivity contribution in [1.29, 1.82) is 5.26 Å². The van der Waals surface area contributed by atoms with Crippen molar-refractivity contribution >= 4 is 0 Å². The van der Waals surface area contributed by atoms with Gasteiger partial charge < -0.3 is 5.11 Å². The van der Waals surface area contributed by atoms with Gasteiger partial charge in [0.25, 0.3) is 0 Å². The van der Waals surface area contributed by atoms with Crippen LogP contribution in [-0.2, 0) is 0 Å². The lowest BCUT2D eigenvalue weighted by atomic mass is 10.1. The van der Waals surface area contributed by atoms with Crippen LogP contribution >= 0.6 is 0 Å². The van der Waals surface area contributed by atoms with Crippen LogP contribution in [0.5, 0.6) is 0 Å². The van der Waals surface area contributed by atoms with Gasteiger partial charge in [0.1, 0.15) is 0 Å². The van der Waals surface area contributed by atoms with E-state index < -0.39 is 6.10 Å². The summed E-state index contributed by atoms with van der Waals surface area (Å²) >= 11 is 0. The lowest BCUT2D eigenvalue weighted by Gasteiger charge is -2.00. The summed E-state index contributed by atoms with van der Waals surface area (Å²) in [6.07, 6.45) is -0.0770. The number of rotatable bonds is 2. The molecule has 0 bridgehead atoms. The van der Waals surface area contributed by atoms with Crippen molar-refractivity contribution < 1.29 is 5.11 Å². The van der Waals surface area contributed by atoms with Gasteiger partial charge in [0.2, 0.25) is 0 Å². The molecule has 0 aromatic rings. The van der Waals surface area contributed by atoms with Crippen molar-refractivity contribution in [2.75, 3.05) is 0 Å². The third-order valence-corrected chi connectivity index (χ3v) is 0.933. The summed E-state index contributed by atoms with van der Waals surface area (Å²) in [5.41, 5.74) is 0.243. The van der Waals surface area contributed by atoms with Gasteiger partial charge in [-0.3, -0.25) is 0 Å². The summed E-state index contributed by atoms with van der Waals surface area (Å²) in [4.78, 5) is 0. The van der Waals surface area contributed by atoms with E-state index in [1.807, 2.05) is 0 Å². The molecule has 0 aliphatic carbocycles. The molecule has 0 aromatic heterocycles. The van der Waals surface area contributed by atoms with Crippen molar-refractivity contribution in [2.45, 2.75) is 19.4 Å².